The Kier molecular flexibility index (Phi) is 8.10. The number of nitrogens with one attached hydrogen (secondary N) is 2. The maximum atomic E-state index is 11.5. The predicted octanol–water partition coefficient (Wildman–Crippen LogP) is 1.24. The first kappa shape index (κ1) is 19.3. The summed E-state index contributed by atoms with van der Waals surface area (Å²) in [6.45, 7) is 2.80. The lowest BCUT2D eigenvalue weighted by molar-refractivity contribution is -0.150. The van der Waals surface area contributed by atoms with Crippen molar-refractivity contribution < 1.29 is 28.6 Å². The summed E-state index contributed by atoms with van der Waals surface area (Å²) in [4.78, 5) is 34.4. The van der Waals surface area contributed by atoms with Gasteiger partial charge in [0.15, 0.2) is 13.2 Å². The molecule has 0 aliphatic rings. The standard InChI is InChI=1S/C16H22N2O6/c1-4-11(2)17-16(21)18-14(19)9-24-15(20)10-23-13-7-5-12(22-3)6-8-13/h5-8,11H,4,9-10H2,1-3H3,(H2,17,18,19,21)/t11-/m1/s1. The van der Waals surface area contributed by atoms with Crippen LogP contribution in [0, 0.1) is 0 Å². The average molecular weight is 338 g/mol. The summed E-state index contributed by atoms with van der Waals surface area (Å²) in [5.41, 5.74) is 0. The average Bonchev–Trinajstić information content (AvgIpc) is 2.58. The molecule has 24 heavy (non-hydrogen) atoms. The summed E-state index contributed by atoms with van der Waals surface area (Å²) >= 11 is 0. The Bertz CT molecular complexity index is 558. The number of esters is 1. The molecule has 1 rings (SSSR count). The Balaban J connectivity index is 2.25. The van der Waals surface area contributed by atoms with Crippen LogP contribution in [0.5, 0.6) is 11.5 Å². The maximum Gasteiger partial charge on any atom is 0.344 e. The molecule has 0 aliphatic carbocycles. The summed E-state index contributed by atoms with van der Waals surface area (Å²) in [5, 5.41) is 4.62. The number of carbonyl (C=O) groups excluding carboxylic acids is 3. The molecule has 3 amide bonds. The molecule has 0 radical (unpaired) electrons. The van der Waals surface area contributed by atoms with Crippen LogP contribution < -0.4 is 20.1 Å². The van der Waals surface area contributed by atoms with Gasteiger partial charge in [0.1, 0.15) is 11.5 Å². The highest BCUT2D eigenvalue weighted by molar-refractivity contribution is 5.95. The van der Waals surface area contributed by atoms with Crippen LogP contribution in [0.4, 0.5) is 4.79 Å². The van der Waals surface area contributed by atoms with Gasteiger partial charge in [-0.25, -0.2) is 9.59 Å². The van der Waals surface area contributed by atoms with E-state index in [-0.39, 0.29) is 12.6 Å². The summed E-state index contributed by atoms with van der Waals surface area (Å²) < 4.78 is 14.9. The minimum atomic E-state index is -0.719. The van der Waals surface area contributed by atoms with Gasteiger partial charge in [-0.3, -0.25) is 10.1 Å². The molecule has 2 N–H and O–H groups in total. The molecule has 0 aliphatic heterocycles. The normalized spacial score (nSPS) is 11.1. The molecule has 0 aromatic heterocycles. The number of amides is 3. The molecule has 0 heterocycles. The molecule has 8 nitrogen and oxygen atoms in total. The molecular formula is C16H22N2O6. The van der Waals surface area contributed by atoms with E-state index in [0.29, 0.717) is 11.5 Å². The molecule has 0 spiro atoms. The highest BCUT2D eigenvalue weighted by atomic mass is 16.6. The Labute approximate surface area is 140 Å². The van der Waals surface area contributed by atoms with Crippen molar-refractivity contribution in [1.29, 1.82) is 0 Å². The second kappa shape index (κ2) is 10.1. The predicted molar refractivity (Wildman–Crippen MR) is 85.9 cm³/mol. The highest BCUT2D eigenvalue weighted by Crippen LogP contribution is 2.16. The van der Waals surface area contributed by atoms with Gasteiger partial charge in [0.2, 0.25) is 0 Å². The number of urea groups is 1. The number of hydrogen-bond donors (Lipinski definition) is 2. The van der Waals surface area contributed by atoms with E-state index in [0.717, 1.165) is 6.42 Å². The van der Waals surface area contributed by atoms with E-state index in [9.17, 15) is 14.4 Å². The van der Waals surface area contributed by atoms with Gasteiger partial charge in [-0.2, -0.15) is 0 Å². The van der Waals surface area contributed by atoms with Gasteiger partial charge < -0.3 is 19.5 Å². The summed E-state index contributed by atoms with van der Waals surface area (Å²) in [6.07, 6.45) is 0.735. The summed E-state index contributed by atoms with van der Waals surface area (Å²) in [7, 11) is 1.54. The van der Waals surface area contributed by atoms with E-state index in [2.05, 4.69) is 10.6 Å². The molecule has 0 fully saturated rings. The summed E-state index contributed by atoms with van der Waals surface area (Å²) in [5.74, 6) is -0.306. The van der Waals surface area contributed by atoms with E-state index >= 15 is 0 Å². The topological polar surface area (TPSA) is 103 Å². The van der Waals surface area contributed by atoms with Gasteiger partial charge >= 0.3 is 12.0 Å². The second-order valence-electron chi connectivity index (χ2n) is 4.96. The fourth-order valence-electron chi connectivity index (χ4n) is 1.53. The fourth-order valence-corrected chi connectivity index (χ4v) is 1.53. The van der Waals surface area contributed by atoms with Crippen LogP contribution in [0.3, 0.4) is 0 Å². The first-order chi connectivity index (χ1) is 11.4. The number of imide groups is 1. The van der Waals surface area contributed by atoms with E-state index < -0.39 is 24.5 Å². The number of hydrogen-bond acceptors (Lipinski definition) is 6. The van der Waals surface area contributed by atoms with E-state index in [4.69, 9.17) is 14.2 Å². The van der Waals surface area contributed by atoms with Crippen LogP contribution in [0.15, 0.2) is 24.3 Å². The Morgan fingerprint density at radius 1 is 1.08 bits per heavy atom. The van der Waals surface area contributed by atoms with Crippen molar-refractivity contribution in [3.05, 3.63) is 24.3 Å². The number of benzene rings is 1. The van der Waals surface area contributed by atoms with E-state index in [1.165, 1.54) is 0 Å². The van der Waals surface area contributed by atoms with Crippen LogP contribution in [0.25, 0.3) is 0 Å². The third-order valence-electron chi connectivity index (χ3n) is 3.02. The van der Waals surface area contributed by atoms with Gasteiger partial charge in [0, 0.05) is 6.04 Å². The molecule has 1 aromatic rings. The molecule has 132 valence electrons. The van der Waals surface area contributed by atoms with Crippen molar-refractivity contribution in [1.82, 2.24) is 10.6 Å². The van der Waals surface area contributed by atoms with Gasteiger partial charge in [-0.1, -0.05) is 6.92 Å². The van der Waals surface area contributed by atoms with Crippen molar-refractivity contribution in [3.63, 3.8) is 0 Å². The lowest BCUT2D eigenvalue weighted by Crippen LogP contribution is -2.44. The van der Waals surface area contributed by atoms with Crippen molar-refractivity contribution in [3.8, 4) is 11.5 Å². The molecule has 1 aromatic carbocycles. The lowest BCUT2D eigenvalue weighted by atomic mass is 10.3. The van der Waals surface area contributed by atoms with Crippen LogP contribution in [-0.4, -0.2) is 44.3 Å². The minimum Gasteiger partial charge on any atom is -0.497 e. The second-order valence-corrected chi connectivity index (χ2v) is 4.96. The molecule has 8 heteroatoms. The van der Waals surface area contributed by atoms with Gasteiger partial charge in [-0.05, 0) is 37.6 Å². The first-order valence-electron chi connectivity index (χ1n) is 7.47. The molecular weight excluding hydrogens is 316 g/mol. The van der Waals surface area contributed by atoms with Crippen LogP contribution in [-0.2, 0) is 14.3 Å². The minimum absolute atomic E-state index is 0.0572. The van der Waals surface area contributed by atoms with Crippen molar-refractivity contribution >= 4 is 17.9 Å². The van der Waals surface area contributed by atoms with Crippen molar-refractivity contribution in [2.45, 2.75) is 26.3 Å². The summed E-state index contributed by atoms with van der Waals surface area (Å²) in [6, 6.07) is 5.96. The maximum absolute atomic E-state index is 11.5. The SMILES string of the molecule is CC[C@@H](C)NC(=O)NC(=O)COC(=O)COc1ccc(OC)cc1. The van der Waals surface area contributed by atoms with Crippen molar-refractivity contribution in [2.75, 3.05) is 20.3 Å². The fraction of sp³-hybridized carbons (Fsp3) is 0.438. The largest absolute Gasteiger partial charge is 0.497 e. The first-order valence-corrected chi connectivity index (χ1v) is 7.47. The van der Waals surface area contributed by atoms with Crippen LogP contribution in [0.2, 0.25) is 0 Å². The highest BCUT2D eigenvalue weighted by Gasteiger charge is 2.12. The molecule has 0 saturated heterocycles. The van der Waals surface area contributed by atoms with Crippen LogP contribution in [0.1, 0.15) is 20.3 Å². The zero-order chi connectivity index (χ0) is 17.9. The number of methoxy groups -OCH3 is 1. The third kappa shape index (κ3) is 7.48. The number of rotatable bonds is 8. The molecule has 0 unspecified atom stereocenters. The Morgan fingerprint density at radius 2 is 1.71 bits per heavy atom. The number of ether oxygens (including phenoxy) is 3. The van der Waals surface area contributed by atoms with Crippen molar-refractivity contribution in [2.24, 2.45) is 0 Å². The Morgan fingerprint density at radius 3 is 2.29 bits per heavy atom. The molecule has 0 saturated carbocycles. The van der Waals surface area contributed by atoms with E-state index in [1.807, 2.05) is 6.92 Å². The van der Waals surface area contributed by atoms with Gasteiger partial charge in [0.05, 0.1) is 7.11 Å². The number of carbonyl (C=O) groups is 3. The monoisotopic (exact) mass is 338 g/mol. The smallest absolute Gasteiger partial charge is 0.344 e. The van der Waals surface area contributed by atoms with Crippen LogP contribution >= 0.6 is 0 Å². The molecule has 0 bridgehead atoms. The zero-order valence-electron chi connectivity index (χ0n) is 14.0. The zero-order valence-corrected chi connectivity index (χ0v) is 14.0. The lowest BCUT2D eigenvalue weighted by Gasteiger charge is -2.12. The van der Waals surface area contributed by atoms with E-state index in [1.54, 1.807) is 38.3 Å². The third-order valence-corrected chi connectivity index (χ3v) is 3.02. The Hall–Kier alpha value is -2.77. The quantitative estimate of drug-likeness (QED) is 0.691. The molecule has 1 atom stereocenters. The van der Waals surface area contributed by atoms with Gasteiger partial charge in [0.25, 0.3) is 5.91 Å². The van der Waals surface area contributed by atoms with Gasteiger partial charge in [-0.15, -0.1) is 0 Å².